The molecule has 6 heteroatoms. The number of piperazine rings is 1. The van der Waals surface area contributed by atoms with E-state index in [1.54, 1.807) is 13.2 Å². The third-order valence-corrected chi connectivity index (χ3v) is 5.00. The highest BCUT2D eigenvalue weighted by molar-refractivity contribution is 5.92. The quantitative estimate of drug-likeness (QED) is 0.619. The van der Waals surface area contributed by atoms with Gasteiger partial charge in [0.2, 0.25) is 5.91 Å². The molecule has 1 aliphatic rings. The van der Waals surface area contributed by atoms with Gasteiger partial charge in [0.1, 0.15) is 5.75 Å². The van der Waals surface area contributed by atoms with Crippen molar-refractivity contribution in [3.05, 3.63) is 54.1 Å². The number of amides is 1. The van der Waals surface area contributed by atoms with Gasteiger partial charge in [0.25, 0.3) is 0 Å². The zero-order chi connectivity index (χ0) is 21.3. The van der Waals surface area contributed by atoms with Gasteiger partial charge in [0.15, 0.2) is 11.5 Å². The molecular weight excluding hydrogens is 380 g/mol. The minimum Gasteiger partial charge on any atom is -0.497 e. The van der Waals surface area contributed by atoms with Crippen molar-refractivity contribution in [3.63, 3.8) is 0 Å². The van der Waals surface area contributed by atoms with Crippen LogP contribution >= 0.6 is 0 Å². The van der Waals surface area contributed by atoms with E-state index in [0.29, 0.717) is 32.1 Å². The third-order valence-electron chi connectivity index (χ3n) is 5.00. The number of carbonyl (C=O) groups excluding carboxylic acids is 1. The Hall–Kier alpha value is -3.15. The lowest BCUT2D eigenvalue weighted by Crippen LogP contribution is -2.48. The van der Waals surface area contributed by atoms with Crippen molar-refractivity contribution in [2.45, 2.75) is 13.8 Å². The van der Waals surface area contributed by atoms with Crippen molar-refractivity contribution in [1.82, 2.24) is 4.90 Å². The van der Waals surface area contributed by atoms with Crippen LogP contribution in [0.4, 0.5) is 5.69 Å². The highest BCUT2D eigenvalue weighted by atomic mass is 16.5. The van der Waals surface area contributed by atoms with Crippen LogP contribution in [-0.4, -0.2) is 57.3 Å². The summed E-state index contributed by atoms with van der Waals surface area (Å²) in [4.78, 5) is 16.8. The molecule has 0 atom stereocenters. The van der Waals surface area contributed by atoms with Crippen LogP contribution in [0.2, 0.25) is 0 Å². The van der Waals surface area contributed by atoms with Gasteiger partial charge in [0.05, 0.1) is 20.3 Å². The molecule has 0 aliphatic carbocycles. The summed E-state index contributed by atoms with van der Waals surface area (Å²) in [6, 6.07) is 13.7. The maximum absolute atomic E-state index is 12.6. The molecule has 3 rings (SSSR count). The number of nitrogens with zero attached hydrogens (tertiary/aromatic N) is 2. The number of methoxy groups -OCH3 is 1. The van der Waals surface area contributed by atoms with Gasteiger partial charge in [-0.3, -0.25) is 4.79 Å². The monoisotopic (exact) mass is 410 g/mol. The van der Waals surface area contributed by atoms with Crippen molar-refractivity contribution < 1.29 is 19.0 Å². The van der Waals surface area contributed by atoms with Crippen LogP contribution < -0.4 is 19.1 Å². The fourth-order valence-corrected chi connectivity index (χ4v) is 3.44. The second kappa shape index (κ2) is 10.6. The Morgan fingerprint density at radius 1 is 0.967 bits per heavy atom. The molecule has 1 aliphatic heterocycles. The van der Waals surface area contributed by atoms with E-state index >= 15 is 0 Å². The average molecular weight is 411 g/mol. The van der Waals surface area contributed by atoms with Crippen LogP contribution in [0.25, 0.3) is 6.08 Å². The Balaban J connectivity index is 1.59. The fourth-order valence-electron chi connectivity index (χ4n) is 3.44. The van der Waals surface area contributed by atoms with Gasteiger partial charge in [-0.25, -0.2) is 0 Å². The fraction of sp³-hybridized carbons (Fsp3) is 0.375. The molecule has 1 amide bonds. The molecule has 2 aromatic rings. The van der Waals surface area contributed by atoms with Gasteiger partial charge in [-0.05, 0) is 49.8 Å². The molecule has 160 valence electrons. The second-order valence-corrected chi connectivity index (χ2v) is 6.92. The number of carbonyl (C=O) groups is 1. The summed E-state index contributed by atoms with van der Waals surface area (Å²) in [6.45, 7) is 7.98. The molecule has 6 nitrogen and oxygen atoms in total. The Bertz CT molecular complexity index is 873. The molecule has 0 spiro atoms. The zero-order valence-corrected chi connectivity index (χ0v) is 18.0. The molecule has 2 aromatic carbocycles. The Kier molecular flexibility index (Phi) is 7.60. The molecule has 0 radical (unpaired) electrons. The van der Waals surface area contributed by atoms with Crippen LogP contribution in [0.3, 0.4) is 0 Å². The SMILES string of the molecule is CCOc1ccc(/C=C/C(=O)N2CCN(c3cccc(OC)c3)CC2)cc1OCC. The predicted octanol–water partition coefficient (Wildman–Crippen LogP) is 3.85. The van der Waals surface area contributed by atoms with E-state index in [0.717, 1.165) is 35.8 Å². The molecule has 0 aromatic heterocycles. The van der Waals surface area contributed by atoms with Crippen LogP contribution in [0.1, 0.15) is 19.4 Å². The van der Waals surface area contributed by atoms with E-state index in [-0.39, 0.29) is 5.91 Å². The first-order valence-corrected chi connectivity index (χ1v) is 10.4. The van der Waals surface area contributed by atoms with Crippen LogP contribution in [0, 0.1) is 0 Å². The number of hydrogen-bond donors (Lipinski definition) is 0. The molecule has 0 bridgehead atoms. The van der Waals surface area contributed by atoms with Crippen LogP contribution in [0.15, 0.2) is 48.5 Å². The summed E-state index contributed by atoms with van der Waals surface area (Å²) >= 11 is 0. The Morgan fingerprint density at radius 2 is 1.70 bits per heavy atom. The predicted molar refractivity (Wildman–Crippen MR) is 120 cm³/mol. The highest BCUT2D eigenvalue weighted by Gasteiger charge is 2.20. The van der Waals surface area contributed by atoms with Crippen molar-refractivity contribution in [2.75, 3.05) is 51.4 Å². The summed E-state index contributed by atoms with van der Waals surface area (Å²) in [6.07, 6.45) is 3.46. The Labute approximate surface area is 178 Å². The maximum Gasteiger partial charge on any atom is 0.246 e. The van der Waals surface area contributed by atoms with Crippen molar-refractivity contribution >= 4 is 17.7 Å². The summed E-state index contributed by atoms with van der Waals surface area (Å²) in [5, 5.41) is 0. The molecule has 1 heterocycles. The van der Waals surface area contributed by atoms with E-state index in [4.69, 9.17) is 14.2 Å². The van der Waals surface area contributed by atoms with E-state index in [9.17, 15) is 4.79 Å². The molecule has 0 unspecified atom stereocenters. The first-order chi connectivity index (χ1) is 14.6. The van der Waals surface area contributed by atoms with Gasteiger partial charge < -0.3 is 24.0 Å². The van der Waals surface area contributed by atoms with Crippen LogP contribution in [-0.2, 0) is 4.79 Å². The van der Waals surface area contributed by atoms with Crippen molar-refractivity contribution in [1.29, 1.82) is 0 Å². The van der Waals surface area contributed by atoms with E-state index in [1.807, 2.05) is 61.2 Å². The van der Waals surface area contributed by atoms with Gasteiger partial charge in [0, 0.05) is 44.0 Å². The summed E-state index contributed by atoms with van der Waals surface area (Å²) in [5.74, 6) is 2.28. The standard InChI is InChI=1S/C24H30N2O4/c1-4-29-22-11-9-19(17-23(22)30-5-2)10-12-24(27)26-15-13-25(14-16-26)20-7-6-8-21(18-20)28-3/h6-12,17-18H,4-5,13-16H2,1-3H3/b12-10+. The van der Waals surface area contributed by atoms with Crippen molar-refractivity contribution in [2.24, 2.45) is 0 Å². The molecule has 1 saturated heterocycles. The smallest absolute Gasteiger partial charge is 0.246 e. The highest BCUT2D eigenvalue weighted by Crippen LogP contribution is 2.29. The minimum absolute atomic E-state index is 0.0205. The molecule has 0 saturated carbocycles. The lowest BCUT2D eigenvalue weighted by Gasteiger charge is -2.35. The van der Waals surface area contributed by atoms with Crippen LogP contribution in [0.5, 0.6) is 17.2 Å². The topological polar surface area (TPSA) is 51.2 Å². The first kappa shape index (κ1) is 21.6. The molecule has 1 fully saturated rings. The lowest BCUT2D eigenvalue weighted by molar-refractivity contribution is -0.126. The number of rotatable bonds is 8. The van der Waals surface area contributed by atoms with E-state index < -0.39 is 0 Å². The third kappa shape index (κ3) is 5.47. The maximum atomic E-state index is 12.6. The summed E-state index contributed by atoms with van der Waals surface area (Å²) in [5.41, 5.74) is 2.03. The van der Waals surface area contributed by atoms with Gasteiger partial charge in [-0.15, -0.1) is 0 Å². The largest absolute Gasteiger partial charge is 0.497 e. The summed E-state index contributed by atoms with van der Waals surface area (Å²) < 4.78 is 16.6. The summed E-state index contributed by atoms with van der Waals surface area (Å²) in [7, 11) is 1.67. The second-order valence-electron chi connectivity index (χ2n) is 6.92. The molecule has 0 N–H and O–H groups in total. The van der Waals surface area contributed by atoms with E-state index in [1.165, 1.54) is 0 Å². The normalized spacial score (nSPS) is 14.1. The zero-order valence-electron chi connectivity index (χ0n) is 18.0. The van der Waals surface area contributed by atoms with E-state index in [2.05, 4.69) is 11.0 Å². The Morgan fingerprint density at radius 3 is 2.40 bits per heavy atom. The van der Waals surface area contributed by atoms with Crippen molar-refractivity contribution in [3.8, 4) is 17.2 Å². The molecule has 30 heavy (non-hydrogen) atoms. The number of ether oxygens (including phenoxy) is 3. The average Bonchev–Trinajstić information content (AvgIpc) is 2.79. The first-order valence-electron chi connectivity index (χ1n) is 10.4. The number of anilines is 1. The van der Waals surface area contributed by atoms with Gasteiger partial charge in [-0.1, -0.05) is 12.1 Å². The lowest BCUT2D eigenvalue weighted by atomic mass is 10.1. The number of benzene rings is 2. The van der Waals surface area contributed by atoms with Gasteiger partial charge in [-0.2, -0.15) is 0 Å². The number of hydrogen-bond acceptors (Lipinski definition) is 5. The molecular formula is C24H30N2O4. The van der Waals surface area contributed by atoms with Gasteiger partial charge >= 0.3 is 0 Å². The minimum atomic E-state index is 0.0205.